The Labute approximate surface area is 203 Å². The van der Waals surface area contributed by atoms with Gasteiger partial charge in [-0.3, -0.25) is 14.9 Å². The number of carbonyl (C=O) groups is 1. The van der Waals surface area contributed by atoms with E-state index in [0.717, 1.165) is 49.2 Å². The van der Waals surface area contributed by atoms with E-state index in [1.807, 2.05) is 12.1 Å². The fourth-order valence-electron chi connectivity index (χ4n) is 3.17. The average molecular weight is 471 g/mol. The first-order chi connectivity index (χ1) is 16.0. The van der Waals surface area contributed by atoms with Crippen LogP contribution in [0, 0.1) is 10.1 Å². The number of unbranched alkanes of at least 4 members (excludes halogenated alkanes) is 1. The highest BCUT2D eigenvalue weighted by atomic mass is 16.6. The van der Waals surface area contributed by atoms with E-state index < -0.39 is 4.92 Å². The van der Waals surface area contributed by atoms with Crippen molar-refractivity contribution in [3.05, 3.63) is 63.7 Å². The van der Waals surface area contributed by atoms with Gasteiger partial charge in [0.25, 0.3) is 11.6 Å². The van der Waals surface area contributed by atoms with Gasteiger partial charge in [0.05, 0.1) is 4.92 Å². The Balaban J connectivity index is 1.97. The van der Waals surface area contributed by atoms with E-state index in [1.54, 1.807) is 6.07 Å². The van der Waals surface area contributed by atoms with Crippen LogP contribution in [0.3, 0.4) is 0 Å². The zero-order chi connectivity index (χ0) is 25.4. The number of ether oxygens (including phenoxy) is 2. The van der Waals surface area contributed by atoms with Gasteiger partial charge in [-0.2, -0.15) is 0 Å². The van der Waals surface area contributed by atoms with Gasteiger partial charge in [0, 0.05) is 30.3 Å². The fourth-order valence-corrected chi connectivity index (χ4v) is 3.17. The molecule has 0 bridgehead atoms. The minimum Gasteiger partial charge on any atom is -0.488 e. The van der Waals surface area contributed by atoms with Crippen LogP contribution >= 0.6 is 0 Å². The molecule has 1 N–H and O–H groups in total. The number of amides is 1. The number of nitrogens with one attached hydrogen (secondary N) is 1. The summed E-state index contributed by atoms with van der Waals surface area (Å²) in [5.41, 5.74) is 0.756. The fraction of sp³-hybridized carbons (Fsp3) is 0.519. The molecule has 0 aliphatic carbocycles. The number of nitro benzene ring substituents is 1. The van der Waals surface area contributed by atoms with Crippen LogP contribution in [0.25, 0.3) is 0 Å². The maximum atomic E-state index is 12.3. The van der Waals surface area contributed by atoms with Gasteiger partial charge >= 0.3 is 0 Å². The molecule has 0 atom stereocenters. The molecule has 7 heteroatoms. The van der Waals surface area contributed by atoms with Gasteiger partial charge < -0.3 is 14.8 Å². The van der Waals surface area contributed by atoms with E-state index in [9.17, 15) is 14.9 Å². The van der Waals surface area contributed by atoms with Crippen LogP contribution in [0.2, 0.25) is 0 Å². The molecule has 0 radical (unpaired) electrons. The molecule has 0 spiro atoms. The monoisotopic (exact) mass is 470 g/mol. The minimum absolute atomic E-state index is 0.0927. The molecule has 7 nitrogen and oxygen atoms in total. The molecule has 0 saturated heterocycles. The zero-order valence-electron chi connectivity index (χ0n) is 21.3. The van der Waals surface area contributed by atoms with Crippen molar-refractivity contribution in [3.8, 4) is 11.5 Å². The van der Waals surface area contributed by atoms with Crippen molar-refractivity contribution >= 4 is 11.6 Å². The second-order valence-corrected chi connectivity index (χ2v) is 9.72. The smallest absolute Gasteiger partial charge is 0.270 e. The second-order valence-electron chi connectivity index (χ2n) is 9.72. The molecule has 1 amide bonds. The maximum absolute atomic E-state index is 12.3. The van der Waals surface area contributed by atoms with E-state index in [0.29, 0.717) is 6.54 Å². The van der Waals surface area contributed by atoms with Crippen LogP contribution < -0.4 is 14.8 Å². The summed E-state index contributed by atoms with van der Waals surface area (Å²) in [6.45, 7) is 13.0. The van der Waals surface area contributed by atoms with Gasteiger partial charge in [-0.15, -0.1) is 0 Å². The molecule has 2 aromatic carbocycles. The highest BCUT2D eigenvalue weighted by molar-refractivity contribution is 5.94. The summed E-state index contributed by atoms with van der Waals surface area (Å²) in [4.78, 5) is 22.7. The summed E-state index contributed by atoms with van der Waals surface area (Å²) in [6.07, 6.45) is 4.21. The van der Waals surface area contributed by atoms with Crippen molar-refractivity contribution < 1.29 is 19.2 Å². The number of rotatable bonds is 13. The topological polar surface area (TPSA) is 90.7 Å². The lowest BCUT2D eigenvalue weighted by molar-refractivity contribution is -0.384. The Hall–Kier alpha value is -3.09. The van der Waals surface area contributed by atoms with E-state index in [4.69, 9.17) is 9.47 Å². The Kier molecular flexibility index (Phi) is 9.47. The summed E-state index contributed by atoms with van der Waals surface area (Å²) in [5.74, 6) is 1.32. The van der Waals surface area contributed by atoms with Crippen LogP contribution in [0.5, 0.6) is 11.5 Å². The van der Waals surface area contributed by atoms with E-state index in [1.165, 1.54) is 18.2 Å². The van der Waals surface area contributed by atoms with Crippen LogP contribution in [-0.4, -0.2) is 28.6 Å². The summed E-state index contributed by atoms with van der Waals surface area (Å²) in [6, 6.07) is 11.8. The molecule has 0 aliphatic rings. The van der Waals surface area contributed by atoms with Crippen LogP contribution in [0.1, 0.15) is 83.1 Å². The largest absolute Gasteiger partial charge is 0.488 e. The van der Waals surface area contributed by atoms with Crippen molar-refractivity contribution in [2.75, 3.05) is 6.54 Å². The SMILES string of the molecule is CCC(C)(C)Oc1ccc(CCCCNC(=O)c2cccc([N+](=O)[O-])c2)c(OC(C)(C)CC)c1. The van der Waals surface area contributed by atoms with Gasteiger partial charge in [0.15, 0.2) is 0 Å². The number of aryl methyl sites for hydroxylation is 1. The van der Waals surface area contributed by atoms with Crippen LogP contribution in [0.15, 0.2) is 42.5 Å². The first kappa shape index (κ1) is 27.2. The van der Waals surface area contributed by atoms with Gasteiger partial charge in [-0.05, 0) is 77.5 Å². The normalized spacial score (nSPS) is 11.7. The second kappa shape index (κ2) is 11.9. The standard InChI is InChI=1S/C27H38N2O5/c1-7-26(3,4)33-23-16-15-20(24(19-23)34-27(5,6)8-2)12-9-10-17-28-25(30)21-13-11-14-22(18-21)29(31)32/h11,13-16,18-19H,7-10,12,17H2,1-6H3,(H,28,30). The first-order valence-electron chi connectivity index (χ1n) is 12.0. The van der Waals surface area contributed by atoms with E-state index >= 15 is 0 Å². The highest BCUT2D eigenvalue weighted by Gasteiger charge is 2.21. The maximum Gasteiger partial charge on any atom is 0.270 e. The molecular formula is C27H38N2O5. The lowest BCUT2D eigenvalue weighted by Gasteiger charge is -2.29. The number of hydrogen-bond donors (Lipinski definition) is 1. The predicted octanol–water partition coefficient (Wildman–Crippen LogP) is 6.48. The van der Waals surface area contributed by atoms with Gasteiger partial charge in [0.1, 0.15) is 22.7 Å². The molecule has 34 heavy (non-hydrogen) atoms. The van der Waals surface area contributed by atoms with Crippen LogP contribution in [0.4, 0.5) is 5.69 Å². The number of nitrogens with zero attached hydrogens (tertiary/aromatic N) is 1. The number of nitro groups is 1. The Morgan fingerprint density at radius 3 is 2.29 bits per heavy atom. The quantitative estimate of drug-likeness (QED) is 0.205. The van der Waals surface area contributed by atoms with Crippen molar-refractivity contribution in [2.24, 2.45) is 0 Å². The van der Waals surface area contributed by atoms with E-state index in [-0.39, 0.29) is 28.4 Å². The number of non-ortho nitro benzene ring substituents is 1. The molecule has 2 rings (SSSR count). The number of benzene rings is 2. The van der Waals surface area contributed by atoms with Crippen molar-refractivity contribution in [3.63, 3.8) is 0 Å². The predicted molar refractivity (Wildman–Crippen MR) is 135 cm³/mol. The van der Waals surface area contributed by atoms with Crippen molar-refractivity contribution in [1.82, 2.24) is 5.32 Å². The van der Waals surface area contributed by atoms with Crippen molar-refractivity contribution in [2.45, 2.75) is 84.8 Å². The number of hydrogen-bond acceptors (Lipinski definition) is 5. The highest BCUT2D eigenvalue weighted by Crippen LogP contribution is 2.32. The zero-order valence-corrected chi connectivity index (χ0v) is 21.3. The minimum atomic E-state index is -0.504. The average Bonchev–Trinajstić information content (AvgIpc) is 2.79. The molecule has 186 valence electrons. The summed E-state index contributed by atoms with van der Waals surface area (Å²) < 4.78 is 12.5. The molecule has 0 heterocycles. The molecular weight excluding hydrogens is 432 g/mol. The third kappa shape index (κ3) is 8.36. The molecule has 2 aromatic rings. The first-order valence-corrected chi connectivity index (χ1v) is 12.0. The molecule has 0 saturated carbocycles. The van der Waals surface area contributed by atoms with Gasteiger partial charge in [-0.25, -0.2) is 0 Å². The Morgan fingerprint density at radius 1 is 0.971 bits per heavy atom. The summed E-state index contributed by atoms with van der Waals surface area (Å²) in [7, 11) is 0. The van der Waals surface area contributed by atoms with Gasteiger partial charge in [0.2, 0.25) is 0 Å². The molecule has 0 aliphatic heterocycles. The molecule has 0 fully saturated rings. The van der Waals surface area contributed by atoms with Crippen LogP contribution in [-0.2, 0) is 6.42 Å². The van der Waals surface area contributed by atoms with Gasteiger partial charge in [-0.1, -0.05) is 26.0 Å². The van der Waals surface area contributed by atoms with E-state index in [2.05, 4.69) is 52.9 Å². The molecule has 0 unspecified atom stereocenters. The lowest BCUT2D eigenvalue weighted by Crippen LogP contribution is -2.28. The summed E-state index contributed by atoms with van der Waals surface area (Å²) in [5, 5.41) is 13.7. The third-order valence-electron chi connectivity index (χ3n) is 6.00. The lowest BCUT2D eigenvalue weighted by atomic mass is 10.0. The number of carbonyl (C=O) groups excluding carboxylic acids is 1. The van der Waals surface area contributed by atoms with Crippen molar-refractivity contribution in [1.29, 1.82) is 0 Å². The molecule has 0 aromatic heterocycles. The third-order valence-corrected chi connectivity index (χ3v) is 6.00. The summed E-state index contributed by atoms with van der Waals surface area (Å²) >= 11 is 0. The Bertz CT molecular complexity index is 985. The Morgan fingerprint density at radius 2 is 1.65 bits per heavy atom.